The number of allylic oxidation sites excluding steroid dienone is 1. The van der Waals surface area contributed by atoms with Crippen LogP contribution in [0.15, 0.2) is 48.2 Å². The molecule has 0 aliphatic rings. The number of methoxy groups -OCH3 is 3. The summed E-state index contributed by atoms with van der Waals surface area (Å²) in [5.74, 6) is 3.59. The summed E-state index contributed by atoms with van der Waals surface area (Å²) in [5, 5.41) is 10.2. The average molecular weight is 1060 g/mol. The molecule has 0 fully saturated rings. The number of hydrogen-bond donors (Lipinski definition) is 3. The van der Waals surface area contributed by atoms with Crippen LogP contribution in [0.25, 0.3) is 0 Å². The van der Waals surface area contributed by atoms with Gasteiger partial charge >= 0.3 is 328 Å². The molecule has 0 aliphatic heterocycles. The minimum absolute atomic E-state index is 0. The van der Waals surface area contributed by atoms with Gasteiger partial charge in [0, 0.05) is 53.2 Å². The third kappa shape index (κ3) is 65.4. The van der Waals surface area contributed by atoms with Crippen molar-refractivity contribution in [3.05, 3.63) is 59.3 Å². The minimum atomic E-state index is -0.759. The Bertz CT molecular complexity index is 1440. The van der Waals surface area contributed by atoms with E-state index in [-0.39, 0.29) is 91.0 Å². The van der Waals surface area contributed by atoms with E-state index in [0.29, 0.717) is 5.70 Å². The number of benzene rings is 2. The third-order valence-electron chi connectivity index (χ3n) is 4.95. The van der Waals surface area contributed by atoms with Crippen LogP contribution in [0.1, 0.15) is 75.9 Å². The van der Waals surface area contributed by atoms with Crippen molar-refractivity contribution in [3.8, 4) is 23.3 Å². The Balaban J connectivity index is -0.0000000587. The van der Waals surface area contributed by atoms with Gasteiger partial charge in [-0.05, 0) is 86.6 Å². The van der Waals surface area contributed by atoms with E-state index in [2.05, 4.69) is 19.5 Å². The van der Waals surface area contributed by atoms with Gasteiger partial charge in [-0.15, -0.1) is 0 Å². The number of aliphatic hydroxyl groups is 1. The molecule has 0 atom stereocenters. The van der Waals surface area contributed by atoms with E-state index in [1.807, 2.05) is 111 Å². The van der Waals surface area contributed by atoms with E-state index in [9.17, 15) is 14.4 Å². The Kier molecular flexibility index (Phi) is 101. The molecule has 2 aromatic rings. The van der Waals surface area contributed by atoms with Crippen LogP contribution in [-0.4, -0.2) is 321 Å². The predicted molar refractivity (Wildman–Crippen MR) is 242 cm³/mol. The van der Waals surface area contributed by atoms with Crippen molar-refractivity contribution in [2.24, 2.45) is 0 Å². The molecule has 0 saturated carbocycles. The van der Waals surface area contributed by atoms with Gasteiger partial charge in [-0.2, -0.15) is 9.59 Å². The van der Waals surface area contributed by atoms with E-state index >= 15 is 0 Å². The number of hydrogen-bond acceptors (Lipinski definition) is 13. The Hall–Kier alpha value is 9.42. The summed E-state index contributed by atoms with van der Waals surface area (Å²) in [5.41, 5.74) is 9.76. The zero-order valence-corrected chi connectivity index (χ0v) is 67.3. The molecule has 0 unspecified atom stereocenters. The molecule has 0 saturated heterocycles. The molecule has 292 valence electrons. The summed E-state index contributed by atoms with van der Waals surface area (Å²) in [6, 6.07) is 11.5. The number of carbonyl (C=O) groups excluding carboxylic acids is 5. The van der Waals surface area contributed by atoms with Crippen molar-refractivity contribution < 1.29 is 106 Å². The number of nitrogens with one attached hydrogen (secondary N) is 1. The number of ether oxygens (including phenoxy) is 5. The van der Waals surface area contributed by atoms with Gasteiger partial charge in [0.25, 0.3) is 0 Å². The maximum absolute atomic E-state index is 11.2. The zero-order valence-electron chi connectivity index (χ0n) is 40.1. The molecule has 0 amide bonds. The van der Waals surface area contributed by atoms with Crippen molar-refractivity contribution in [2.75, 3.05) is 39.5 Å². The Morgan fingerprint density at radius 1 is 0.695 bits per heavy atom. The molecule has 59 heavy (non-hydrogen) atoms. The molecule has 22 heteroatoms. The van der Waals surface area contributed by atoms with Crippen LogP contribution >= 0.6 is 0 Å². The summed E-state index contributed by atoms with van der Waals surface area (Å²) < 4.78 is 24.5. The van der Waals surface area contributed by atoms with Crippen LogP contribution in [0.3, 0.4) is 0 Å². The third-order valence-corrected chi connectivity index (χ3v) is 4.95. The number of anilines is 2. The summed E-state index contributed by atoms with van der Waals surface area (Å²) in [6.07, 6.45) is 1.66. The molecular weight excluding hydrogens is 1000 g/mol. The topological polar surface area (TPSA) is 190 Å². The van der Waals surface area contributed by atoms with Crippen molar-refractivity contribution in [1.29, 1.82) is 0 Å². The van der Waals surface area contributed by atoms with Gasteiger partial charge in [0.05, 0.1) is 21.3 Å². The first-order valence-corrected chi connectivity index (χ1v) is 82.2. The number of aliphatic hydroxyl groups excluding tert-OH is 1. The van der Waals surface area contributed by atoms with Crippen molar-refractivity contribution >= 4 is 288 Å². The maximum atomic E-state index is 11.2. The molecule has 2 aromatic carbocycles. The van der Waals surface area contributed by atoms with E-state index < -0.39 is 11.9 Å². The second-order valence-corrected chi connectivity index (χ2v) is 11.1. The van der Waals surface area contributed by atoms with Gasteiger partial charge in [-0.1, -0.05) is 27.0 Å². The van der Waals surface area contributed by atoms with Crippen molar-refractivity contribution in [1.82, 2.24) is 0 Å². The summed E-state index contributed by atoms with van der Waals surface area (Å²) >= 11 is 10.0. The Morgan fingerprint density at radius 2 is 1.02 bits per heavy atom. The van der Waals surface area contributed by atoms with E-state index in [0.717, 1.165) is 41.1 Å². The van der Waals surface area contributed by atoms with Crippen LogP contribution in [0.4, 0.5) is 11.4 Å². The Morgan fingerprint density at radius 3 is 1.32 bits per heavy atom. The number of carbonyl (C=O) groups is 3. The quantitative estimate of drug-likeness (QED) is 0.0698. The SMILES string of the molecule is C.C.CO.COC(=O)/C=C(\C)Nc1cccc(OC(C)(C)C)c1C.COC(=O)C#CC(=O)OC.Cc1c(N)cccc1OC(C)(C)C.O=C=O.[H-].[K+].[K][K].[K][K].[K][K].[K][K]. The van der Waals surface area contributed by atoms with Gasteiger partial charge in [0.2, 0.25) is 0 Å². The zero-order chi connectivity index (χ0) is 46.1. The van der Waals surface area contributed by atoms with Crippen LogP contribution in [-0.2, 0) is 38.2 Å². The molecule has 4 N–H and O–H groups in total. The van der Waals surface area contributed by atoms with Crippen LogP contribution in [0.5, 0.6) is 11.5 Å². The van der Waals surface area contributed by atoms with Crippen LogP contribution in [0.2, 0.25) is 0 Å². The van der Waals surface area contributed by atoms with E-state index in [1.54, 1.807) is 0 Å². The van der Waals surface area contributed by atoms with Gasteiger partial charge < -0.3 is 41.3 Å². The predicted octanol–water partition coefficient (Wildman–Crippen LogP) is 0.119. The fraction of sp³-hybridized carbons (Fsp3) is 0.459. The second-order valence-electron chi connectivity index (χ2n) is 11.1. The van der Waals surface area contributed by atoms with Gasteiger partial charge in [-0.3, -0.25) is 0 Å². The van der Waals surface area contributed by atoms with Crippen molar-refractivity contribution in [3.63, 3.8) is 0 Å². The molecule has 0 bridgehead atoms. The first-order valence-electron chi connectivity index (χ1n) is 18.2. The monoisotopic (exact) mass is 1060 g/mol. The van der Waals surface area contributed by atoms with Crippen LogP contribution < -0.4 is 71.9 Å². The molecule has 2 rings (SSSR count). The number of rotatable bonds is 5. The summed E-state index contributed by atoms with van der Waals surface area (Å²) in [6.45, 7) is 17.9. The molecule has 0 radical (unpaired) electrons. The number of nitrogen functional groups attached to an aromatic ring is 1. The molecule has 0 spiro atoms. The number of nitrogens with two attached hydrogens (primary N) is 1. The second kappa shape index (κ2) is 65.4. The van der Waals surface area contributed by atoms with Crippen molar-refractivity contribution in [2.45, 2.75) is 88.4 Å². The summed E-state index contributed by atoms with van der Waals surface area (Å²) in [7, 11) is 4.71. The molecule has 0 aliphatic carbocycles. The van der Waals surface area contributed by atoms with Gasteiger partial charge in [-0.25, -0.2) is 14.4 Å². The normalized spacial score (nSPS) is 8.54. The average Bonchev–Trinajstić information content (AvgIpc) is 3.17. The van der Waals surface area contributed by atoms with Gasteiger partial charge in [0.1, 0.15) is 22.7 Å². The fourth-order valence-electron chi connectivity index (χ4n) is 2.95. The fourth-order valence-corrected chi connectivity index (χ4v) is 2.95. The Labute approximate surface area is 581 Å². The number of esters is 3. The first-order chi connectivity index (χ1) is 26.2. The molecule has 0 heterocycles. The molecule has 13 nitrogen and oxygen atoms in total. The first kappa shape index (κ1) is 91.1. The summed E-state index contributed by atoms with van der Waals surface area (Å²) in [4.78, 5) is 47.9. The molecular formula is C37H59K9N2O11. The van der Waals surface area contributed by atoms with E-state index in [4.69, 9.17) is 29.9 Å². The van der Waals surface area contributed by atoms with E-state index in [1.165, 1.54) is 280 Å². The molecule has 0 aromatic heterocycles. The van der Waals surface area contributed by atoms with Gasteiger partial charge in [0.15, 0.2) is 0 Å². The van der Waals surface area contributed by atoms with Crippen LogP contribution in [0, 0.1) is 25.7 Å². The standard InChI is InChI=1S/C16H23NO3.C11H17NO.C6H6O4.CO2.CH4O.2CH4.9K.H/c1-11(10-15(18)19-6)17-13-8-7-9-14(12(13)2)20-16(3,4)5;1-8-9(12)6-5-7-10(8)13-11(2,3)4;1-9-5(7)3-4-6(8)10-2;2-1-3;1-2;;;;;;;;;;;;/h7-10,17H,1-6H3;5-7H,12H2,1-4H3;1-2H3;;2H,1H3;2*1H4;;;;;;;;;;/q;;;;;;;;;;;;;;;+1;-1/b11-10+;;;;;;;;;;;;;;;;.